The zero-order valence-electron chi connectivity index (χ0n) is 4.77. The molecule has 0 unspecified atom stereocenters. The molecule has 0 aromatic heterocycles. The Labute approximate surface area is 62.5 Å². The van der Waals surface area contributed by atoms with Gasteiger partial charge in [0.1, 0.15) is 0 Å². The minimum absolute atomic E-state index is 0.382. The summed E-state index contributed by atoms with van der Waals surface area (Å²) in [7, 11) is -0.382. The van der Waals surface area contributed by atoms with Crippen molar-refractivity contribution in [3.05, 3.63) is 28.7 Å². The maximum absolute atomic E-state index is 11.8. The van der Waals surface area contributed by atoms with Crippen molar-refractivity contribution in [3.63, 3.8) is 0 Å². The predicted octanol–water partition coefficient (Wildman–Crippen LogP) is 1.40. The summed E-state index contributed by atoms with van der Waals surface area (Å²) in [5.74, 6) is 0. The summed E-state index contributed by atoms with van der Waals surface area (Å²) in [4.78, 5) is 0. The molecule has 0 atom stereocenters. The van der Waals surface area contributed by atoms with Crippen molar-refractivity contribution in [1.29, 1.82) is 0 Å². The summed E-state index contributed by atoms with van der Waals surface area (Å²) >= 11 is 3.25. The third-order valence-electron chi connectivity index (χ3n) is 1.07. The van der Waals surface area contributed by atoms with Crippen LogP contribution in [0.15, 0.2) is 28.7 Å². The van der Waals surface area contributed by atoms with Crippen LogP contribution in [0.1, 0.15) is 0 Å². The summed E-state index contributed by atoms with van der Waals surface area (Å²) < 4.78 is 12.8. The summed E-state index contributed by atoms with van der Waals surface area (Å²) in [6, 6.07) is 7.16. The number of hydrogen-bond donors (Lipinski definition) is 0. The average Bonchev–Trinajstić information content (AvgIpc) is 1.90. The first-order chi connectivity index (χ1) is 4.33. The third-order valence-corrected chi connectivity index (χ3v) is 1.60. The van der Waals surface area contributed by atoms with Crippen LogP contribution in [0.5, 0.6) is 0 Å². The predicted molar refractivity (Wildman–Crippen MR) is 42.0 cm³/mol. The second-order valence-electron chi connectivity index (χ2n) is 1.76. The molecule has 0 saturated heterocycles. The maximum Gasteiger partial charge on any atom is 0.364 e. The molecule has 0 aliphatic rings. The molecule has 0 heterocycles. The molecule has 0 radical (unpaired) electrons. The molecular formula is C6H5BBrF. The molecule has 3 heteroatoms. The fourth-order valence-electron chi connectivity index (χ4n) is 0.573. The van der Waals surface area contributed by atoms with Gasteiger partial charge in [0.25, 0.3) is 0 Å². The Bertz CT molecular complexity index is 185. The lowest BCUT2D eigenvalue weighted by atomic mass is 9.92. The van der Waals surface area contributed by atoms with Crippen molar-refractivity contribution >= 4 is 28.9 Å². The SMILES string of the molecule is FBc1ccc(Br)cc1. The summed E-state index contributed by atoms with van der Waals surface area (Å²) in [6.07, 6.45) is 0. The molecule has 0 amide bonds. The summed E-state index contributed by atoms with van der Waals surface area (Å²) in [5.41, 5.74) is 0.721. The zero-order valence-corrected chi connectivity index (χ0v) is 6.36. The molecule has 0 fully saturated rings. The van der Waals surface area contributed by atoms with E-state index in [4.69, 9.17) is 0 Å². The minimum Gasteiger partial charge on any atom is -0.335 e. The highest BCUT2D eigenvalue weighted by molar-refractivity contribution is 9.10. The normalized spacial score (nSPS) is 9.11. The molecule has 1 rings (SSSR count). The van der Waals surface area contributed by atoms with Gasteiger partial charge >= 0.3 is 7.56 Å². The smallest absolute Gasteiger partial charge is 0.335 e. The molecule has 0 aliphatic carbocycles. The Kier molecular flexibility index (Phi) is 2.28. The van der Waals surface area contributed by atoms with Gasteiger partial charge < -0.3 is 4.32 Å². The monoisotopic (exact) mass is 186 g/mol. The van der Waals surface area contributed by atoms with Gasteiger partial charge in [-0.15, -0.1) is 0 Å². The molecule has 46 valence electrons. The lowest BCUT2D eigenvalue weighted by Crippen LogP contribution is -2.07. The average molecular weight is 187 g/mol. The van der Waals surface area contributed by atoms with Crippen LogP contribution in [-0.4, -0.2) is 7.56 Å². The van der Waals surface area contributed by atoms with Crippen LogP contribution in [-0.2, 0) is 0 Å². The molecule has 9 heavy (non-hydrogen) atoms. The van der Waals surface area contributed by atoms with Crippen molar-refractivity contribution in [1.82, 2.24) is 0 Å². The standard InChI is InChI=1S/C6H5BBrF/c8-6-3-1-5(7-9)2-4-6/h1-4,7H. The van der Waals surface area contributed by atoms with Gasteiger partial charge in [-0.1, -0.05) is 28.1 Å². The van der Waals surface area contributed by atoms with E-state index in [9.17, 15) is 4.32 Å². The Balaban J connectivity index is 2.88. The van der Waals surface area contributed by atoms with Crippen LogP contribution in [0, 0.1) is 0 Å². The van der Waals surface area contributed by atoms with Crippen LogP contribution in [0.25, 0.3) is 0 Å². The van der Waals surface area contributed by atoms with Gasteiger partial charge in [0.15, 0.2) is 0 Å². The quantitative estimate of drug-likeness (QED) is 0.582. The molecule has 0 spiro atoms. The van der Waals surface area contributed by atoms with E-state index in [1.807, 2.05) is 12.1 Å². The Morgan fingerprint density at radius 1 is 1.22 bits per heavy atom. The van der Waals surface area contributed by atoms with Crippen molar-refractivity contribution in [2.24, 2.45) is 0 Å². The zero-order chi connectivity index (χ0) is 6.69. The lowest BCUT2D eigenvalue weighted by Gasteiger charge is -1.90. The van der Waals surface area contributed by atoms with Gasteiger partial charge in [-0.25, -0.2) is 0 Å². The lowest BCUT2D eigenvalue weighted by molar-refractivity contribution is 0.885. The molecule has 0 saturated carbocycles. The highest BCUT2D eigenvalue weighted by atomic mass is 79.9. The number of rotatable bonds is 1. The number of hydrogen-bond acceptors (Lipinski definition) is 0. The first-order valence-electron chi connectivity index (χ1n) is 2.63. The third kappa shape index (κ3) is 1.82. The molecule has 0 N–H and O–H groups in total. The second-order valence-corrected chi connectivity index (χ2v) is 2.68. The Morgan fingerprint density at radius 3 is 2.22 bits per heavy atom. The van der Waals surface area contributed by atoms with Crippen molar-refractivity contribution in [2.45, 2.75) is 0 Å². The van der Waals surface area contributed by atoms with Gasteiger partial charge in [0.2, 0.25) is 0 Å². The highest BCUT2D eigenvalue weighted by Gasteiger charge is 1.91. The summed E-state index contributed by atoms with van der Waals surface area (Å²) in [6.45, 7) is 0. The van der Waals surface area contributed by atoms with Gasteiger partial charge in [-0.05, 0) is 17.6 Å². The van der Waals surface area contributed by atoms with Crippen LogP contribution in [0.4, 0.5) is 4.32 Å². The largest absolute Gasteiger partial charge is 0.364 e. The first kappa shape index (κ1) is 6.81. The van der Waals surface area contributed by atoms with Gasteiger partial charge in [0, 0.05) is 4.47 Å². The molecule has 0 bridgehead atoms. The molecule has 1 aromatic carbocycles. The van der Waals surface area contributed by atoms with Gasteiger partial charge in [-0.2, -0.15) is 0 Å². The van der Waals surface area contributed by atoms with Gasteiger partial charge in [0.05, 0.1) is 0 Å². The van der Waals surface area contributed by atoms with Crippen LogP contribution in [0.3, 0.4) is 0 Å². The molecule has 0 nitrogen and oxygen atoms in total. The molecule has 0 aliphatic heterocycles. The second kappa shape index (κ2) is 3.02. The van der Waals surface area contributed by atoms with E-state index in [-0.39, 0.29) is 7.56 Å². The van der Waals surface area contributed by atoms with Gasteiger partial charge in [-0.3, -0.25) is 0 Å². The van der Waals surface area contributed by atoms with Crippen LogP contribution in [0.2, 0.25) is 0 Å². The topological polar surface area (TPSA) is 0 Å². The maximum atomic E-state index is 11.8. The van der Waals surface area contributed by atoms with Crippen molar-refractivity contribution in [3.8, 4) is 0 Å². The number of halogens is 2. The van der Waals surface area contributed by atoms with E-state index in [2.05, 4.69) is 15.9 Å². The fraction of sp³-hybridized carbons (Fsp3) is 0. The Morgan fingerprint density at radius 2 is 1.78 bits per heavy atom. The van der Waals surface area contributed by atoms with E-state index in [1.165, 1.54) is 0 Å². The van der Waals surface area contributed by atoms with Crippen molar-refractivity contribution < 1.29 is 4.32 Å². The Hall–Kier alpha value is -0.305. The van der Waals surface area contributed by atoms with E-state index in [0.29, 0.717) is 0 Å². The van der Waals surface area contributed by atoms with Crippen LogP contribution < -0.4 is 5.46 Å². The first-order valence-corrected chi connectivity index (χ1v) is 3.42. The highest BCUT2D eigenvalue weighted by Crippen LogP contribution is 2.04. The van der Waals surface area contributed by atoms with E-state index >= 15 is 0 Å². The van der Waals surface area contributed by atoms with E-state index in [0.717, 1.165) is 9.94 Å². The van der Waals surface area contributed by atoms with Crippen molar-refractivity contribution in [2.75, 3.05) is 0 Å². The number of benzene rings is 1. The minimum atomic E-state index is -0.382. The molecular weight excluding hydrogens is 182 g/mol. The van der Waals surface area contributed by atoms with E-state index < -0.39 is 0 Å². The fourth-order valence-corrected chi connectivity index (χ4v) is 0.838. The van der Waals surface area contributed by atoms with E-state index in [1.54, 1.807) is 12.1 Å². The van der Waals surface area contributed by atoms with Crippen LogP contribution >= 0.6 is 15.9 Å². The summed E-state index contributed by atoms with van der Waals surface area (Å²) in [5, 5.41) is 0. The molecule has 1 aromatic rings.